The third kappa shape index (κ3) is 4.69. The van der Waals surface area contributed by atoms with Crippen LogP contribution in [-0.4, -0.2) is 18.1 Å². The van der Waals surface area contributed by atoms with Gasteiger partial charge in [0.15, 0.2) is 0 Å². The molecule has 20 heavy (non-hydrogen) atoms. The van der Waals surface area contributed by atoms with Crippen molar-refractivity contribution in [3.63, 3.8) is 0 Å². The second-order valence-electron chi connectivity index (χ2n) is 6.14. The van der Waals surface area contributed by atoms with Crippen LogP contribution in [0.25, 0.3) is 0 Å². The Morgan fingerprint density at radius 2 is 1.95 bits per heavy atom. The normalized spacial score (nSPS) is 13.2. The Balaban J connectivity index is 2.80. The number of anilines is 1. The summed E-state index contributed by atoms with van der Waals surface area (Å²) >= 11 is 6.12. The molecule has 0 saturated heterocycles. The maximum Gasteiger partial charge on any atom is 0.241 e. The van der Waals surface area contributed by atoms with Gasteiger partial charge in [0, 0.05) is 5.69 Å². The Morgan fingerprint density at radius 3 is 2.40 bits per heavy atom. The minimum Gasteiger partial charge on any atom is -0.489 e. The zero-order valence-electron chi connectivity index (χ0n) is 12.7. The largest absolute Gasteiger partial charge is 0.489 e. The molecular formula is C15H23ClN2O2. The zero-order valence-corrected chi connectivity index (χ0v) is 13.4. The summed E-state index contributed by atoms with van der Waals surface area (Å²) in [6.45, 7) is 9.61. The van der Waals surface area contributed by atoms with Crippen molar-refractivity contribution in [3.8, 4) is 5.75 Å². The molecule has 0 radical (unpaired) electrons. The highest BCUT2D eigenvalue weighted by atomic mass is 35.5. The Morgan fingerprint density at radius 1 is 1.35 bits per heavy atom. The maximum atomic E-state index is 12.0. The van der Waals surface area contributed by atoms with Gasteiger partial charge in [-0.15, -0.1) is 0 Å². The van der Waals surface area contributed by atoms with Crippen LogP contribution in [0.1, 0.15) is 34.6 Å². The molecule has 1 aromatic rings. The van der Waals surface area contributed by atoms with Gasteiger partial charge in [-0.3, -0.25) is 4.79 Å². The van der Waals surface area contributed by atoms with Gasteiger partial charge in [-0.2, -0.15) is 0 Å². The number of hydrogen-bond donors (Lipinski definition) is 2. The molecule has 0 fully saturated rings. The molecule has 0 bridgehead atoms. The number of benzene rings is 1. The number of rotatable bonds is 4. The van der Waals surface area contributed by atoms with Crippen LogP contribution in [0.3, 0.4) is 0 Å². The highest BCUT2D eigenvalue weighted by molar-refractivity contribution is 6.32. The smallest absolute Gasteiger partial charge is 0.241 e. The van der Waals surface area contributed by atoms with E-state index >= 15 is 0 Å². The fourth-order valence-electron chi connectivity index (χ4n) is 1.54. The quantitative estimate of drug-likeness (QED) is 0.895. The van der Waals surface area contributed by atoms with E-state index in [9.17, 15) is 4.79 Å². The number of amides is 1. The van der Waals surface area contributed by atoms with Gasteiger partial charge in [0.05, 0.1) is 17.2 Å². The Bertz CT molecular complexity index is 481. The fraction of sp³-hybridized carbons (Fsp3) is 0.533. The summed E-state index contributed by atoms with van der Waals surface area (Å²) in [5.74, 6) is 0.367. The lowest BCUT2D eigenvalue weighted by molar-refractivity contribution is -0.119. The van der Waals surface area contributed by atoms with E-state index in [0.29, 0.717) is 16.5 Å². The third-order valence-electron chi connectivity index (χ3n) is 2.78. The summed E-state index contributed by atoms with van der Waals surface area (Å²) in [4.78, 5) is 12.0. The average molecular weight is 299 g/mol. The number of nitrogens with one attached hydrogen (secondary N) is 1. The average Bonchev–Trinajstić information content (AvgIpc) is 2.30. The fourth-order valence-corrected chi connectivity index (χ4v) is 1.77. The van der Waals surface area contributed by atoms with Gasteiger partial charge < -0.3 is 15.8 Å². The minimum absolute atomic E-state index is 0.0438. The van der Waals surface area contributed by atoms with Crippen LogP contribution in [0.2, 0.25) is 5.02 Å². The molecule has 1 amide bonds. The molecule has 5 heteroatoms. The SMILES string of the molecule is CC(C)Oc1ccc(NC(=O)[C@H](N)C(C)(C)C)cc1Cl. The van der Waals surface area contributed by atoms with Crippen LogP contribution < -0.4 is 15.8 Å². The standard InChI is InChI=1S/C15H23ClN2O2/c1-9(2)20-12-7-6-10(8-11(12)16)18-14(19)13(17)15(3,4)5/h6-9,13H,17H2,1-5H3,(H,18,19)/t13-/m0/s1. The molecule has 4 nitrogen and oxygen atoms in total. The monoisotopic (exact) mass is 298 g/mol. The van der Waals surface area contributed by atoms with Crippen LogP contribution in [0.5, 0.6) is 5.75 Å². The van der Waals surface area contributed by atoms with Crippen LogP contribution in [0, 0.1) is 5.41 Å². The zero-order chi connectivity index (χ0) is 15.5. The lowest BCUT2D eigenvalue weighted by Gasteiger charge is -2.25. The van der Waals surface area contributed by atoms with E-state index < -0.39 is 6.04 Å². The van der Waals surface area contributed by atoms with Crippen molar-refractivity contribution in [1.82, 2.24) is 0 Å². The molecule has 1 atom stereocenters. The number of nitrogens with two attached hydrogens (primary N) is 1. The first kappa shape index (κ1) is 16.8. The van der Waals surface area contributed by atoms with Gasteiger partial charge in [0.2, 0.25) is 5.91 Å². The number of ether oxygens (including phenoxy) is 1. The summed E-state index contributed by atoms with van der Waals surface area (Å²) in [5, 5.41) is 3.22. The highest BCUT2D eigenvalue weighted by Crippen LogP contribution is 2.29. The van der Waals surface area contributed by atoms with E-state index in [1.54, 1.807) is 18.2 Å². The van der Waals surface area contributed by atoms with Crippen molar-refractivity contribution in [2.75, 3.05) is 5.32 Å². The Hall–Kier alpha value is -1.26. The Labute approximate surface area is 125 Å². The van der Waals surface area contributed by atoms with Crippen molar-refractivity contribution >= 4 is 23.2 Å². The van der Waals surface area contributed by atoms with Gasteiger partial charge in [0.1, 0.15) is 5.75 Å². The molecule has 0 heterocycles. The molecule has 1 aromatic carbocycles. The molecule has 1 rings (SSSR count). The highest BCUT2D eigenvalue weighted by Gasteiger charge is 2.27. The number of carbonyl (C=O) groups excluding carboxylic acids is 1. The van der Waals surface area contributed by atoms with Crippen LogP contribution in [0.4, 0.5) is 5.69 Å². The molecule has 0 spiro atoms. The van der Waals surface area contributed by atoms with Crippen molar-refractivity contribution in [3.05, 3.63) is 23.2 Å². The third-order valence-corrected chi connectivity index (χ3v) is 3.07. The molecule has 0 aliphatic carbocycles. The van der Waals surface area contributed by atoms with E-state index in [2.05, 4.69) is 5.32 Å². The lowest BCUT2D eigenvalue weighted by atomic mass is 9.87. The van der Waals surface area contributed by atoms with Gasteiger partial charge in [-0.05, 0) is 37.5 Å². The van der Waals surface area contributed by atoms with Gasteiger partial charge in [-0.25, -0.2) is 0 Å². The number of carbonyl (C=O) groups is 1. The van der Waals surface area contributed by atoms with Gasteiger partial charge in [0.25, 0.3) is 0 Å². The predicted molar refractivity (Wildman–Crippen MR) is 83.3 cm³/mol. The molecule has 0 aliphatic heterocycles. The summed E-state index contributed by atoms with van der Waals surface area (Å²) < 4.78 is 5.54. The van der Waals surface area contributed by atoms with E-state index in [4.69, 9.17) is 22.1 Å². The van der Waals surface area contributed by atoms with E-state index in [1.165, 1.54) is 0 Å². The summed E-state index contributed by atoms with van der Waals surface area (Å²) in [6.07, 6.45) is 0.0438. The van der Waals surface area contributed by atoms with Crippen molar-refractivity contribution in [2.45, 2.75) is 46.8 Å². The van der Waals surface area contributed by atoms with Crippen LogP contribution in [-0.2, 0) is 4.79 Å². The molecule has 0 aliphatic rings. The molecule has 0 saturated carbocycles. The van der Waals surface area contributed by atoms with E-state index in [0.717, 1.165) is 0 Å². The van der Waals surface area contributed by atoms with Crippen molar-refractivity contribution < 1.29 is 9.53 Å². The van der Waals surface area contributed by atoms with E-state index in [-0.39, 0.29) is 17.4 Å². The molecule has 0 aromatic heterocycles. The Kier molecular flexibility index (Phi) is 5.42. The molecule has 3 N–H and O–H groups in total. The van der Waals surface area contributed by atoms with Gasteiger partial charge >= 0.3 is 0 Å². The molecular weight excluding hydrogens is 276 g/mol. The second kappa shape index (κ2) is 6.46. The van der Waals surface area contributed by atoms with Gasteiger partial charge in [-0.1, -0.05) is 32.4 Å². The number of hydrogen-bond acceptors (Lipinski definition) is 3. The summed E-state index contributed by atoms with van der Waals surface area (Å²) in [7, 11) is 0. The van der Waals surface area contributed by atoms with Crippen LogP contribution >= 0.6 is 11.6 Å². The molecule has 0 unspecified atom stereocenters. The van der Waals surface area contributed by atoms with Crippen LogP contribution in [0.15, 0.2) is 18.2 Å². The first-order valence-electron chi connectivity index (χ1n) is 6.64. The first-order valence-corrected chi connectivity index (χ1v) is 7.01. The van der Waals surface area contributed by atoms with Crippen molar-refractivity contribution in [2.24, 2.45) is 11.1 Å². The summed E-state index contributed by atoms with van der Waals surface area (Å²) in [6, 6.07) is 4.55. The molecule has 112 valence electrons. The van der Waals surface area contributed by atoms with E-state index in [1.807, 2.05) is 34.6 Å². The summed E-state index contributed by atoms with van der Waals surface area (Å²) in [5.41, 5.74) is 6.22. The number of halogens is 1. The lowest BCUT2D eigenvalue weighted by Crippen LogP contribution is -2.45. The first-order chi connectivity index (χ1) is 9.11. The topological polar surface area (TPSA) is 64.3 Å². The maximum absolute atomic E-state index is 12.0. The van der Waals surface area contributed by atoms with Crippen molar-refractivity contribution in [1.29, 1.82) is 0 Å². The minimum atomic E-state index is -0.590. The predicted octanol–water partition coefficient (Wildman–Crippen LogP) is 3.44. The second-order valence-corrected chi connectivity index (χ2v) is 6.55.